The van der Waals surface area contributed by atoms with E-state index in [2.05, 4.69) is 10.5 Å². The maximum absolute atomic E-state index is 12.2. The molecule has 2 aromatic rings. The van der Waals surface area contributed by atoms with Gasteiger partial charge in [0.15, 0.2) is 5.84 Å². The number of amidine groups is 1. The molecule has 0 fully saturated rings. The molecule has 0 aliphatic heterocycles. The van der Waals surface area contributed by atoms with E-state index >= 15 is 0 Å². The Bertz CT molecular complexity index is 594. The molecule has 4 N–H and O–H groups in total. The molecular formula is C15H17N3O3. The first-order chi connectivity index (χ1) is 10.2. The van der Waals surface area contributed by atoms with Gasteiger partial charge in [0, 0.05) is 0 Å². The lowest BCUT2D eigenvalue weighted by Crippen LogP contribution is -2.39. The summed E-state index contributed by atoms with van der Waals surface area (Å²) in [7, 11) is 0. The third-order valence-electron chi connectivity index (χ3n) is 3.09. The van der Waals surface area contributed by atoms with Crippen LogP contribution in [0.1, 0.15) is 11.3 Å². The number of benzene rings is 1. The van der Waals surface area contributed by atoms with E-state index in [1.165, 1.54) is 6.26 Å². The number of furan rings is 1. The van der Waals surface area contributed by atoms with E-state index in [4.69, 9.17) is 15.4 Å². The lowest BCUT2D eigenvalue weighted by atomic mass is 9.97. The highest BCUT2D eigenvalue weighted by Gasteiger charge is 2.23. The normalized spacial score (nSPS) is 12.9. The smallest absolute Gasteiger partial charge is 0.231 e. The minimum absolute atomic E-state index is 0.115. The van der Waals surface area contributed by atoms with Crippen LogP contribution in [0.15, 0.2) is 58.3 Å². The molecule has 1 atom stereocenters. The average Bonchev–Trinajstić information content (AvgIpc) is 3.04. The topological polar surface area (TPSA) is 101 Å². The van der Waals surface area contributed by atoms with Crippen molar-refractivity contribution in [1.82, 2.24) is 5.32 Å². The van der Waals surface area contributed by atoms with Gasteiger partial charge in [0.2, 0.25) is 5.91 Å². The minimum atomic E-state index is -0.729. The van der Waals surface area contributed by atoms with Gasteiger partial charge in [-0.2, -0.15) is 0 Å². The minimum Gasteiger partial charge on any atom is -0.467 e. The van der Waals surface area contributed by atoms with Gasteiger partial charge in [0.25, 0.3) is 0 Å². The van der Waals surface area contributed by atoms with E-state index in [1.54, 1.807) is 12.1 Å². The summed E-state index contributed by atoms with van der Waals surface area (Å²) in [5.74, 6) is -0.518. The van der Waals surface area contributed by atoms with Crippen molar-refractivity contribution in [3.63, 3.8) is 0 Å². The second-order valence-corrected chi connectivity index (χ2v) is 4.56. The third-order valence-corrected chi connectivity index (χ3v) is 3.09. The molecule has 6 nitrogen and oxygen atoms in total. The molecule has 110 valence electrons. The molecule has 1 amide bonds. The first kappa shape index (κ1) is 14.6. The molecule has 1 aromatic carbocycles. The fraction of sp³-hybridized carbons (Fsp3) is 0.200. The number of oxime groups is 1. The van der Waals surface area contributed by atoms with Gasteiger partial charge in [0.05, 0.1) is 12.8 Å². The molecule has 0 radical (unpaired) electrons. The van der Waals surface area contributed by atoms with Crippen LogP contribution in [0.25, 0.3) is 0 Å². The summed E-state index contributed by atoms with van der Waals surface area (Å²) in [6.45, 7) is 0.260. The summed E-state index contributed by atoms with van der Waals surface area (Å²) in [4.78, 5) is 12.2. The SMILES string of the molecule is NC(=NO)C(Cc1ccccc1)C(=O)NCc1ccco1. The molecule has 21 heavy (non-hydrogen) atoms. The van der Waals surface area contributed by atoms with Gasteiger partial charge >= 0.3 is 0 Å². The molecule has 1 heterocycles. The Balaban J connectivity index is 2.03. The van der Waals surface area contributed by atoms with Crippen molar-refractivity contribution in [2.45, 2.75) is 13.0 Å². The highest BCUT2D eigenvalue weighted by Crippen LogP contribution is 2.10. The molecule has 0 aliphatic carbocycles. The van der Waals surface area contributed by atoms with E-state index in [9.17, 15) is 4.79 Å². The van der Waals surface area contributed by atoms with Crippen LogP contribution < -0.4 is 11.1 Å². The maximum atomic E-state index is 12.2. The van der Waals surface area contributed by atoms with Crippen molar-refractivity contribution in [3.05, 3.63) is 60.1 Å². The van der Waals surface area contributed by atoms with Crippen LogP contribution in [0.3, 0.4) is 0 Å². The number of carbonyl (C=O) groups is 1. The van der Waals surface area contributed by atoms with E-state index in [1.807, 2.05) is 30.3 Å². The van der Waals surface area contributed by atoms with Crippen molar-refractivity contribution in [2.24, 2.45) is 16.8 Å². The first-order valence-corrected chi connectivity index (χ1v) is 6.52. The van der Waals surface area contributed by atoms with Crippen molar-refractivity contribution in [3.8, 4) is 0 Å². The summed E-state index contributed by atoms with van der Waals surface area (Å²) >= 11 is 0. The number of rotatable bonds is 6. The quantitative estimate of drug-likeness (QED) is 0.324. The molecule has 0 bridgehead atoms. The lowest BCUT2D eigenvalue weighted by Gasteiger charge is -2.15. The average molecular weight is 287 g/mol. The van der Waals surface area contributed by atoms with Crippen LogP contribution in [-0.2, 0) is 17.8 Å². The predicted molar refractivity (Wildman–Crippen MR) is 77.6 cm³/mol. The molecule has 1 unspecified atom stereocenters. The zero-order valence-corrected chi connectivity index (χ0v) is 11.4. The van der Waals surface area contributed by atoms with Crippen molar-refractivity contribution in [2.75, 3.05) is 0 Å². The maximum Gasteiger partial charge on any atom is 0.231 e. The molecule has 2 rings (SSSR count). The van der Waals surface area contributed by atoms with Crippen molar-refractivity contribution < 1.29 is 14.4 Å². The Labute approximate surface area is 122 Å². The van der Waals surface area contributed by atoms with Gasteiger partial charge in [-0.1, -0.05) is 35.5 Å². The van der Waals surface area contributed by atoms with Gasteiger partial charge in [0.1, 0.15) is 11.7 Å². The monoisotopic (exact) mass is 287 g/mol. The Morgan fingerprint density at radius 3 is 2.67 bits per heavy atom. The van der Waals surface area contributed by atoms with E-state index in [0.717, 1.165) is 5.56 Å². The van der Waals surface area contributed by atoms with Crippen LogP contribution in [-0.4, -0.2) is 17.0 Å². The number of nitrogens with zero attached hydrogens (tertiary/aromatic N) is 1. The van der Waals surface area contributed by atoms with Crippen LogP contribution in [0.4, 0.5) is 0 Å². The molecule has 0 aliphatic rings. The van der Waals surface area contributed by atoms with Gasteiger partial charge in [-0.15, -0.1) is 0 Å². The molecule has 1 aromatic heterocycles. The van der Waals surface area contributed by atoms with E-state index in [0.29, 0.717) is 12.2 Å². The Morgan fingerprint density at radius 1 is 1.29 bits per heavy atom. The Morgan fingerprint density at radius 2 is 2.05 bits per heavy atom. The van der Waals surface area contributed by atoms with Gasteiger partial charge in [-0.3, -0.25) is 4.79 Å². The molecule has 0 saturated carbocycles. The van der Waals surface area contributed by atoms with Crippen molar-refractivity contribution in [1.29, 1.82) is 0 Å². The Hall–Kier alpha value is -2.76. The standard InChI is InChI=1S/C15H17N3O3/c16-14(18-20)13(9-11-5-2-1-3-6-11)15(19)17-10-12-7-4-8-21-12/h1-8,13,20H,9-10H2,(H2,16,18)(H,17,19). The van der Waals surface area contributed by atoms with Crippen LogP contribution in [0.5, 0.6) is 0 Å². The summed E-state index contributed by atoms with van der Waals surface area (Å²) in [5.41, 5.74) is 6.56. The summed E-state index contributed by atoms with van der Waals surface area (Å²) in [6.07, 6.45) is 1.90. The number of hydrogen-bond donors (Lipinski definition) is 3. The highest BCUT2D eigenvalue weighted by atomic mass is 16.4. The molecule has 0 spiro atoms. The molecule has 6 heteroatoms. The number of carbonyl (C=O) groups excluding carboxylic acids is 1. The number of hydrogen-bond acceptors (Lipinski definition) is 4. The lowest BCUT2D eigenvalue weighted by molar-refractivity contribution is -0.123. The highest BCUT2D eigenvalue weighted by molar-refractivity contribution is 6.02. The second kappa shape index (κ2) is 7.14. The predicted octanol–water partition coefficient (Wildman–Crippen LogP) is 1.50. The summed E-state index contributed by atoms with van der Waals surface area (Å²) < 4.78 is 5.14. The van der Waals surface area contributed by atoms with E-state index < -0.39 is 5.92 Å². The fourth-order valence-corrected chi connectivity index (χ4v) is 1.96. The zero-order valence-electron chi connectivity index (χ0n) is 11.4. The van der Waals surface area contributed by atoms with Crippen LogP contribution in [0.2, 0.25) is 0 Å². The fourth-order valence-electron chi connectivity index (χ4n) is 1.96. The molecular weight excluding hydrogens is 270 g/mol. The van der Waals surface area contributed by atoms with Gasteiger partial charge < -0.3 is 20.7 Å². The van der Waals surface area contributed by atoms with Crippen molar-refractivity contribution >= 4 is 11.7 Å². The number of nitrogens with one attached hydrogen (secondary N) is 1. The number of amides is 1. The van der Waals surface area contributed by atoms with Crippen LogP contribution >= 0.6 is 0 Å². The van der Waals surface area contributed by atoms with Crippen LogP contribution in [0, 0.1) is 5.92 Å². The largest absolute Gasteiger partial charge is 0.467 e. The summed E-state index contributed by atoms with van der Waals surface area (Å²) in [5, 5.41) is 14.5. The summed E-state index contributed by atoms with van der Waals surface area (Å²) in [6, 6.07) is 12.9. The van der Waals surface area contributed by atoms with Gasteiger partial charge in [-0.05, 0) is 24.1 Å². The first-order valence-electron chi connectivity index (χ1n) is 6.52. The Kier molecular flexibility index (Phi) is 4.98. The van der Waals surface area contributed by atoms with Gasteiger partial charge in [-0.25, -0.2) is 0 Å². The van der Waals surface area contributed by atoms with E-state index in [-0.39, 0.29) is 18.3 Å². The zero-order chi connectivity index (χ0) is 15.1. The number of nitrogens with two attached hydrogens (primary N) is 1. The molecule has 0 saturated heterocycles. The third kappa shape index (κ3) is 4.10. The second-order valence-electron chi connectivity index (χ2n) is 4.56.